The second-order valence-corrected chi connectivity index (χ2v) is 5.78. The third kappa shape index (κ3) is 1.33. The fraction of sp³-hybridized carbons (Fsp3) is 1.00. The molecule has 0 amide bonds. The highest BCUT2D eigenvalue weighted by Crippen LogP contribution is 2.49. The molecule has 1 aliphatic carbocycles. The van der Waals surface area contributed by atoms with Gasteiger partial charge in [0, 0.05) is 25.6 Å². The van der Waals surface area contributed by atoms with Gasteiger partial charge in [0.25, 0.3) is 5.92 Å². The molecule has 3 nitrogen and oxygen atoms in total. The maximum absolute atomic E-state index is 12.4. The number of alkyl halides is 2. The third-order valence-corrected chi connectivity index (χ3v) is 4.35. The molecule has 6 heteroatoms. The molecule has 0 unspecified atom stereocenters. The molecule has 2 N–H and O–H groups in total. The zero-order chi connectivity index (χ0) is 9.62. The van der Waals surface area contributed by atoms with Crippen LogP contribution in [-0.4, -0.2) is 31.9 Å². The summed E-state index contributed by atoms with van der Waals surface area (Å²) in [6.07, 6.45) is -0.306. The topological polar surface area (TPSA) is 60.2 Å². The lowest BCUT2D eigenvalue weighted by molar-refractivity contribution is -0.0956. The standard InChI is InChI=1S/C6H11F2NO2S/c1-12(10,11)5(4-9)2-6(7,8)3-5/h2-4,9H2,1H3. The lowest BCUT2D eigenvalue weighted by Gasteiger charge is -2.44. The van der Waals surface area contributed by atoms with Crippen molar-refractivity contribution in [1.29, 1.82) is 0 Å². The van der Waals surface area contributed by atoms with Gasteiger partial charge in [-0.25, -0.2) is 17.2 Å². The van der Waals surface area contributed by atoms with Gasteiger partial charge in [0.05, 0.1) is 4.75 Å². The van der Waals surface area contributed by atoms with E-state index in [4.69, 9.17) is 5.73 Å². The van der Waals surface area contributed by atoms with Crippen molar-refractivity contribution in [2.45, 2.75) is 23.5 Å². The largest absolute Gasteiger partial charge is 0.329 e. The Labute approximate surface area is 69.9 Å². The Morgan fingerprint density at radius 1 is 1.42 bits per heavy atom. The molecule has 0 bridgehead atoms. The molecular weight excluding hydrogens is 188 g/mol. The summed E-state index contributed by atoms with van der Waals surface area (Å²) in [4.78, 5) is 0. The molecular formula is C6H11F2NO2S. The summed E-state index contributed by atoms with van der Waals surface area (Å²) in [5.74, 6) is -2.84. The van der Waals surface area contributed by atoms with Gasteiger partial charge in [-0.05, 0) is 0 Å². The fourth-order valence-corrected chi connectivity index (χ4v) is 2.70. The van der Waals surface area contributed by atoms with Gasteiger partial charge >= 0.3 is 0 Å². The minimum absolute atomic E-state index is 0.221. The Hall–Kier alpha value is -0.230. The Balaban J connectivity index is 2.87. The summed E-state index contributed by atoms with van der Waals surface area (Å²) in [6.45, 7) is -0.221. The Morgan fingerprint density at radius 2 is 1.83 bits per heavy atom. The van der Waals surface area contributed by atoms with E-state index in [1.807, 2.05) is 0 Å². The van der Waals surface area contributed by atoms with Crippen molar-refractivity contribution in [3.8, 4) is 0 Å². The van der Waals surface area contributed by atoms with Crippen molar-refractivity contribution >= 4 is 9.84 Å². The zero-order valence-electron chi connectivity index (χ0n) is 6.68. The van der Waals surface area contributed by atoms with Gasteiger partial charge in [0.1, 0.15) is 0 Å². The van der Waals surface area contributed by atoms with Crippen molar-refractivity contribution in [3.05, 3.63) is 0 Å². The summed E-state index contributed by atoms with van der Waals surface area (Å²) < 4.78 is 45.6. The van der Waals surface area contributed by atoms with Crippen molar-refractivity contribution in [2.75, 3.05) is 12.8 Å². The van der Waals surface area contributed by atoms with E-state index in [0.717, 1.165) is 6.26 Å². The summed E-state index contributed by atoms with van der Waals surface area (Å²) in [6, 6.07) is 0. The van der Waals surface area contributed by atoms with E-state index in [1.54, 1.807) is 0 Å². The molecule has 1 fully saturated rings. The molecule has 0 spiro atoms. The monoisotopic (exact) mass is 199 g/mol. The van der Waals surface area contributed by atoms with Gasteiger partial charge in [-0.2, -0.15) is 0 Å². The number of hydrogen-bond donors (Lipinski definition) is 1. The van der Waals surface area contributed by atoms with Gasteiger partial charge in [-0.15, -0.1) is 0 Å². The Kier molecular flexibility index (Phi) is 1.96. The average molecular weight is 199 g/mol. The highest BCUT2D eigenvalue weighted by Gasteiger charge is 2.61. The van der Waals surface area contributed by atoms with Crippen LogP contribution in [0.15, 0.2) is 0 Å². The van der Waals surface area contributed by atoms with Crippen molar-refractivity contribution in [1.82, 2.24) is 0 Å². The van der Waals surface area contributed by atoms with E-state index < -0.39 is 33.3 Å². The van der Waals surface area contributed by atoms with Crippen LogP contribution >= 0.6 is 0 Å². The van der Waals surface area contributed by atoms with Gasteiger partial charge < -0.3 is 5.73 Å². The number of sulfone groups is 1. The van der Waals surface area contributed by atoms with E-state index in [1.165, 1.54) is 0 Å². The van der Waals surface area contributed by atoms with Crippen LogP contribution in [0.1, 0.15) is 12.8 Å². The molecule has 0 aromatic heterocycles. The van der Waals surface area contributed by atoms with E-state index in [0.29, 0.717) is 0 Å². The van der Waals surface area contributed by atoms with Crippen LogP contribution in [0, 0.1) is 0 Å². The normalized spacial score (nSPS) is 26.3. The van der Waals surface area contributed by atoms with Gasteiger partial charge in [-0.1, -0.05) is 0 Å². The first-order chi connectivity index (χ1) is 5.22. The number of halogens is 2. The first-order valence-corrected chi connectivity index (χ1v) is 5.39. The number of rotatable bonds is 2. The molecule has 0 radical (unpaired) electrons. The highest BCUT2D eigenvalue weighted by molar-refractivity contribution is 7.92. The zero-order valence-corrected chi connectivity index (χ0v) is 7.50. The van der Waals surface area contributed by atoms with Crippen LogP contribution in [0.2, 0.25) is 0 Å². The minimum Gasteiger partial charge on any atom is -0.329 e. The van der Waals surface area contributed by atoms with Crippen LogP contribution in [-0.2, 0) is 9.84 Å². The second kappa shape index (κ2) is 2.38. The first-order valence-electron chi connectivity index (χ1n) is 3.50. The van der Waals surface area contributed by atoms with Gasteiger partial charge in [0.15, 0.2) is 9.84 Å². The van der Waals surface area contributed by atoms with Crippen LogP contribution in [0.4, 0.5) is 8.78 Å². The van der Waals surface area contributed by atoms with E-state index in [2.05, 4.69) is 0 Å². The smallest absolute Gasteiger partial charge is 0.251 e. The summed E-state index contributed by atoms with van der Waals surface area (Å²) in [7, 11) is -3.45. The maximum atomic E-state index is 12.4. The Morgan fingerprint density at radius 3 is 1.92 bits per heavy atom. The predicted molar refractivity (Wildman–Crippen MR) is 40.8 cm³/mol. The molecule has 12 heavy (non-hydrogen) atoms. The molecule has 0 saturated heterocycles. The molecule has 0 aromatic carbocycles. The van der Waals surface area contributed by atoms with E-state index in [9.17, 15) is 17.2 Å². The Bertz CT molecular complexity index is 278. The van der Waals surface area contributed by atoms with Crippen LogP contribution in [0.3, 0.4) is 0 Å². The fourth-order valence-electron chi connectivity index (χ4n) is 1.45. The van der Waals surface area contributed by atoms with Crippen molar-refractivity contribution in [3.63, 3.8) is 0 Å². The minimum atomic E-state index is -3.45. The second-order valence-electron chi connectivity index (χ2n) is 3.37. The molecule has 1 saturated carbocycles. The molecule has 0 aliphatic heterocycles. The van der Waals surface area contributed by atoms with Crippen molar-refractivity contribution < 1.29 is 17.2 Å². The SMILES string of the molecule is CS(=O)(=O)C1(CN)CC(F)(F)C1. The van der Waals surface area contributed by atoms with Crippen LogP contribution in [0.25, 0.3) is 0 Å². The maximum Gasteiger partial charge on any atom is 0.251 e. The first kappa shape index (κ1) is 9.85. The average Bonchev–Trinajstić information content (AvgIpc) is 1.78. The lowest BCUT2D eigenvalue weighted by atomic mass is 9.80. The quantitative estimate of drug-likeness (QED) is 0.689. The summed E-state index contributed by atoms with van der Waals surface area (Å²) >= 11 is 0. The highest BCUT2D eigenvalue weighted by atomic mass is 32.2. The van der Waals surface area contributed by atoms with E-state index in [-0.39, 0.29) is 6.54 Å². The third-order valence-electron chi connectivity index (χ3n) is 2.32. The summed E-state index contributed by atoms with van der Waals surface area (Å²) in [5.41, 5.74) is 5.16. The van der Waals surface area contributed by atoms with Gasteiger partial charge in [-0.3, -0.25) is 0 Å². The molecule has 0 atom stereocenters. The molecule has 72 valence electrons. The lowest BCUT2D eigenvalue weighted by Crippen LogP contribution is -2.60. The van der Waals surface area contributed by atoms with Crippen molar-refractivity contribution in [2.24, 2.45) is 5.73 Å². The van der Waals surface area contributed by atoms with Crippen LogP contribution in [0.5, 0.6) is 0 Å². The van der Waals surface area contributed by atoms with E-state index >= 15 is 0 Å². The molecule has 1 aliphatic rings. The number of hydrogen-bond acceptors (Lipinski definition) is 3. The molecule has 0 aromatic rings. The van der Waals surface area contributed by atoms with Crippen LogP contribution < -0.4 is 5.73 Å². The predicted octanol–water partition coefficient (Wildman–Crippen LogP) is 0.158. The number of nitrogens with two attached hydrogens (primary N) is 1. The molecule has 0 heterocycles. The van der Waals surface area contributed by atoms with Gasteiger partial charge in [0.2, 0.25) is 0 Å². The summed E-state index contributed by atoms with van der Waals surface area (Å²) in [5, 5.41) is 0. The molecule has 1 rings (SSSR count).